The highest BCUT2D eigenvalue weighted by Gasteiger charge is 2.20. The number of rotatable bonds is 2. The van der Waals surface area contributed by atoms with Gasteiger partial charge in [-0.2, -0.15) is 0 Å². The molecule has 5 heteroatoms. The molecule has 1 aromatic heterocycles. The van der Waals surface area contributed by atoms with Gasteiger partial charge in [0.05, 0.1) is 10.5 Å². The molecular formula is C10H7ClFNO2. The Hall–Kier alpha value is -1.55. The van der Waals surface area contributed by atoms with E-state index in [4.69, 9.17) is 16.7 Å². The van der Waals surface area contributed by atoms with E-state index < -0.39 is 12.3 Å². The van der Waals surface area contributed by atoms with Crippen LogP contribution in [-0.4, -0.2) is 15.6 Å². The first kappa shape index (κ1) is 9.98. The highest BCUT2D eigenvalue weighted by Crippen LogP contribution is 2.28. The van der Waals surface area contributed by atoms with Crippen LogP contribution in [0.1, 0.15) is 6.30 Å². The second-order valence-corrected chi connectivity index (χ2v) is 3.48. The fraction of sp³-hybridized carbons (Fsp3) is 0.100. The number of benzene rings is 1. The fourth-order valence-electron chi connectivity index (χ4n) is 1.47. The van der Waals surface area contributed by atoms with Crippen LogP contribution in [0.3, 0.4) is 0 Å². The number of carbonyl (C=O) groups is 1. The third kappa shape index (κ3) is 1.57. The summed E-state index contributed by atoms with van der Waals surface area (Å²) >= 11 is 5.85. The molecule has 0 aliphatic heterocycles. The maximum atomic E-state index is 13.3. The molecule has 0 radical (unpaired) electrons. The van der Waals surface area contributed by atoms with Gasteiger partial charge in [0.15, 0.2) is 0 Å². The molecule has 0 bridgehead atoms. The maximum Gasteiger partial charge on any atom is 0.359 e. The number of halogens is 2. The van der Waals surface area contributed by atoms with Crippen molar-refractivity contribution < 1.29 is 14.3 Å². The average Bonchev–Trinajstić information content (AvgIpc) is 2.56. The van der Waals surface area contributed by atoms with Gasteiger partial charge in [0.2, 0.25) is 0 Å². The summed E-state index contributed by atoms with van der Waals surface area (Å²) < 4.78 is 14.3. The quantitative estimate of drug-likeness (QED) is 0.857. The molecule has 0 saturated carbocycles. The van der Waals surface area contributed by atoms with E-state index in [0.29, 0.717) is 15.9 Å². The highest BCUT2D eigenvalue weighted by molar-refractivity contribution is 6.35. The Kier molecular flexibility index (Phi) is 2.36. The van der Waals surface area contributed by atoms with E-state index in [0.717, 1.165) is 4.57 Å². The summed E-state index contributed by atoms with van der Waals surface area (Å²) in [5, 5.41) is 9.55. The molecular weight excluding hydrogens is 221 g/mol. The summed E-state index contributed by atoms with van der Waals surface area (Å²) in [6.07, 6.45) is -0.826. The van der Waals surface area contributed by atoms with Gasteiger partial charge in [-0.3, -0.25) is 0 Å². The lowest BCUT2D eigenvalue weighted by molar-refractivity contribution is -0.146. The smallest absolute Gasteiger partial charge is 0.359 e. The lowest BCUT2D eigenvalue weighted by Crippen LogP contribution is -2.12. The van der Waals surface area contributed by atoms with Gasteiger partial charge < -0.3 is 9.67 Å². The van der Waals surface area contributed by atoms with Crippen molar-refractivity contribution in [3.63, 3.8) is 0 Å². The third-order valence-electron chi connectivity index (χ3n) is 2.14. The van der Waals surface area contributed by atoms with Gasteiger partial charge in [-0.1, -0.05) is 29.8 Å². The van der Waals surface area contributed by atoms with Crippen LogP contribution in [0.25, 0.3) is 10.9 Å². The van der Waals surface area contributed by atoms with Gasteiger partial charge >= 0.3 is 5.97 Å². The second-order valence-electron chi connectivity index (χ2n) is 3.08. The number of aromatic nitrogens is 1. The molecule has 78 valence electrons. The number of hydrogen-bond acceptors (Lipinski definition) is 1. The van der Waals surface area contributed by atoms with Crippen LogP contribution in [-0.2, 0) is 4.79 Å². The van der Waals surface area contributed by atoms with Crippen LogP contribution in [0.15, 0.2) is 30.5 Å². The number of fused-ring (bicyclic) bond motifs is 1. The Morgan fingerprint density at radius 3 is 2.80 bits per heavy atom. The van der Waals surface area contributed by atoms with Crippen LogP contribution in [0.2, 0.25) is 5.02 Å². The molecule has 15 heavy (non-hydrogen) atoms. The van der Waals surface area contributed by atoms with Crippen molar-refractivity contribution in [3.05, 3.63) is 35.5 Å². The minimum Gasteiger partial charge on any atom is -0.478 e. The first-order valence-electron chi connectivity index (χ1n) is 4.23. The highest BCUT2D eigenvalue weighted by atomic mass is 35.5. The van der Waals surface area contributed by atoms with Crippen LogP contribution in [0.5, 0.6) is 0 Å². The zero-order chi connectivity index (χ0) is 11.0. The van der Waals surface area contributed by atoms with E-state index in [9.17, 15) is 9.18 Å². The SMILES string of the molecule is O=C(O)C(F)n1cc(Cl)c2ccccc21. The molecule has 1 heterocycles. The van der Waals surface area contributed by atoms with Gasteiger partial charge in [-0.05, 0) is 6.07 Å². The topological polar surface area (TPSA) is 42.2 Å². The predicted octanol–water partition coefficient (Wildman–Crippen LogP) is 2.85. The van der Waals surface area contributed by atoms with Crippen molar-refractivity contribution in [1.29, 1.82) is 0 Å². The zero-order valence-electron chi connectivity index (χ0n) is 7.52. The molecule has 1 aromatic carbocycles. The summed E-state index contributed by atoms with van der Waals surface area (Å²) in [6.45, 7) is 0. The van der Waals surface area contributed by atoms with Crippen LogP contribution >= 0.6 is 11.6 Å². The molecule has 1 unspecified atom stereocenters. The van der Waals surface area contributed by atoms with Gasteiger partial charge in [0.25, 0.3) is 6.30 Å². The van der Waals surface area contributed by atoms with E-state index in [1.807, 2.05) is 0 Å². The third-order valence-corrected chi connectivity index (χ3v) is 2.44. The van der Waals surface area contributed by atoms with Gasteiger partial charge in [-0.25, -0.2) is 9.18 Å². The number of carboxylic acid groups (broad SMARTS) is 1. The van der Waals surface area contributed by atoms with E-state index in [1.54, 1.807) is 24.3 Å². The van der Waals surface area contributed by atoms with Crippen molar-refractivity contribution >= 4 is 28.5 Å². The monoisotopic (exact) mass is 227 g/mol. The molecule has 1 atom stereocenters. The Morgan fingerprint density at radius 1 is 1.47 bits per heavy atom. The van der Waals surface area contributed by atoms with E-state index >= 15 is 0 Å². The van der Waals surface area contributed by atoms with Crippen molar-refractivity contribution in [2.75, 3.05) is 0 Å². The number of nitrogens with zero attached hydrogens (tertiary/aromatic N) is 1. The van der Waals surface area contributed by atoms with Crippen molar-refractivity contribution in [3.8, 4) is 0 Å². The van der Waals surface area contributed by atoms with E-state index in [1.165, 1.54) is 6.20 Å². The second kappa shape index (κ2) is 3.55. The van der Waals surface area contributed by atoms with E-state index in [-0.39, 0.29) is 0 Å². The first-order valence-corrected chi connectivity index (χ1v) is 4.61. The Labute approximate surface area is 89.7 Å². The van der Waals surface area contributed by atoms with Crippen molar-refractivity contribution in [2.45, 2.75) is 6.30 Å². The number of para-hydroxylation sites is 1. The standard InChI is InChI=1S/C10H7ClFNO2/c11-7-5-13(9(12)10(14)15)8-4-2-1-3-6(7)8/h1-5,9H,(H,14,15). The van der Waals surface area contributed by atoms with Crippen molar-refractivity contribution in [2.24, 2.45) is 0 Å². The first-order chi connectivity index (χ1) is 7.11. The summed E-state index contributed by atoms with van der Waals surface area (Å²) in [7, 11) is 0. The summed E-state index contributed by atoms with van der Waals surface area (Å²) in [5.41, 5.74) is 0.470. The van der Waals surface area contributed by atoms with Gasteiger partial charge in [-0.15, -0.1) is 0 Å². The predicted molar refractivity (Wildman–Crippen MR) is 54.7 cm³/mol. The van der Waals surface area contributed by atoms with Gasteiger partial charge in [0, 0.05) is 11.6 Å². The molecule has 2 rings (SSSR count). The molecule has 0 spiro atoms. The summed E-state index contributed by atoms with van der Waals surface area (Å²) in [5.74, 6) is -1.53. The maximum absolute atomic E-state index is 13.3. The van der Waals surface area contributed by atoms with Crippen LogP contribution in [0, 0.1) is 0 Å². The van der Waals surface area contributed by atoms with Crippen LogP contribution < -0.4 is 0 Å². The molecule has 0 amide bonds. The number of carboxylic acids is 1. The zero-order valence-corrected chi connectivity index (χ0v) is 8.28. The lowest BCUT2D eigenvalue weighted by atomic mass is 10.2. The molecule has 0 fully saturated rings. The average molecular weight is 228 g/mol. The van der Waals surface area contributed by atoms with Gasteiger partial charge in [0.1, 0.15) is 0 Å². The molecule has 0 saturated heterocycles. The molecule has 1 N–H and O–H groups in total. The normalized spacial score (nSPS) is 12.9. The minimum absolute atomic E-state index is 0.342. The van der Waals surface area contributed by atoms with E-state index in [2.05, 4.69) is 0 Å². The Balaban J connectivity index is 2.67. The van der Waals surface area contributed by atoms with Crippen molar-refractivity contribution in [1.82, 2.24) is 4.57 Å². The molecule has 2 aromatic rings. The lowest BCUT2D eigenvalue weighted by Gasteiger charge is -2.05. The Bertz CT molecular complexity index is 523. The Morgan fingerprint density at radius 2 is 2.13 bits per heavy atom. The number of hydrogen-bond donors (Lipinski definition) is 1. The molecule has 3 nitrogen and oxygen atoms in total. The van der Waals surface area contributed by atoms with Crippen LogP contribution in [0.4, 0.5) is 4.39 Å². The molecule has 0 aliphatic carbocycles. The number of alkyl halides is 1. The summed E-state index contributed by atoms with van der Waals surface area (Å²) in [6, 6.07) is 6.79. The fourth-order valence-corrected chi connectivity index (χ4v) is 1.73. The largest absolute Gasteiger partial charge is 0.478 e. The minimum atomic E-state index is -2.11. The summed E-state index contributed by atoms with van der Waals surface area (Å²) in [4.78, 5) is 10.5. The molecule has 0 aliphatic rings. The number of aliphatic carboxylic acids is 1.